The number of hydrogen-bond acceptors (Lipinski definition) is 6. The summed E-state index contributed by atoms with van der Waals surface area (Å²) >= 11 is 3.30. The van der Waals surface area contributed by atoms with E-state index in [1.165, 1.54) is 30.0 Å². The third-order valence-electron chi connectivity index (χ3n) is 3.10. The number of thiophene rings is 1. The van der Waals surface area contributed by atoms with Crippen molar-refractivity contribution in [2.24, 2.45) is 0 Å². The first kappa shape index (κ1) is 17.9. The Hall–Kier alpha value is -1.42. The zero-order chi connectivity index (χ0) is 16.9. The van der Waals surface area contributed by atoms with E-state index in [9.17, 15) is 18.5 Å². The van der Waals surface area contributed by atoms with Gasteiger partial charge in [-0.15, -0.1) is 11.3 Å². The van der Waals surface area contributed by atoms with Crippen molar-refractivity contribution in [2.75, 3.05) is 12.3 Å². The third kappa shape index (κ3) is 4.77. The number of rotatable bonds is 8. The number of thioether (sulfide) groups is 1. The first-order valence-electron chi connectivity index (χ1n) is 6.75. The van der Waals surface area contributed by atoms with Crippen LogP contribution in [0.4, 0.5) is 5.69 Å². The molecule has 0 radical (unpaired) electrons. The quantitative estimate of drug-likeness (QED) is 0.437. The normalized spacial score (nSPS) is 11.5. The highest BCUT2D eigenvalue weighted by Crippen LogP contribution is 2.24. The molecule has 0 aliphatic heterocycles. The lowest BCUT2D eigenvalue weighted by Crippen LogP contribution is -2.26. The molecule has 0 saturated heterocycles. The standard InChI is InChI=1S/C14H16N2O4S3/c1-11-13(16(17)18)5-2-6-14(11)23(19,20)15-7-9-21-10-12-4-3-8-22-12/h2-6,8,15H,7,9-10H2,1H3. The highest BCUT2D eigenvalue weighted by Gasteiger charge is 2.22. The Bertz CT molecular complexity index is 773. The monoisotopic (exact) mass is 372 g/mol. The first-order chi connectivity index (χ1) is 10.9. The molecule has 0 fully saturated rings. The Morgan fingerprint density at radius 2 is 2.09 bits per heavy atom. The minimum atomic E-state index is -3.75. The lowest BCUT2D eigenvalue weighted by atomic mass is 10.2. The van der Waals surface area contributed by atoms with Crippen LogP contribution >= 0.6 is 23.1 Å². The summed E-state index contributed by atoms with van der Waals surface area (Å²) in [7, 11) is -3.75. The Labute approximate surface area is 143 Å². The molecule has 9 heteroatoms. The number of hydrogen-bond donors (Lipinski definition) is 1. The average Bonchev–Trinajstić information content (AvgIpc) is 2.99. The second-order valence-electron chi connectivity index (χ2n) is 4.69. The van der Waals surface area contributed by atoms with Gasteiger partial charge >= 0.3 is 0 Å². The maximum absolute atomic E-state index is 12.3. The van der Waals surface area contributed by atoms with Crippen molar-refractivity contribution in [1.29, 1.82) is 0 Å². The lowest BCUT2D eigenvalue weighted by molar-refractivity contribution is -0.385. The minimum Gasteiger partial charge on any atom is -0.258 e. The van der Waals surface area contributed by atoms with Gasteiger partial charge in [0.05, 0.1) is 9.82 Å². The Morgan fingerprint density at radius 1 is 1.30 bits per heavy atom. The van der Waals surface area contributed by atoms with Gasteiger partial charge < -0.3 is 0 Å². The maximum Gasteiger partial charge on any atom is 0.273 e. The van der Waals surface area contributed by atoms with E-state index in [0.29, 0.717) is 5.75 Å². The van der Waals surface area contributed by atoms with Crippen LogP contribution in [-0.2, 0) is 15.8 Å². The van der Waals surface area contributed by atoms with Crippen LogP contribution in [0.5, 0.6) is 0 Å². The maximum atomic E-state index is 12.3. The highest BCUT2D eigenvalue weighted by molar-refractivity contribution is 7.98. The van der Waals surface area contributed by atoms with Gasteiger partial charge in [-0.25, -0.2) is 13.1 Å². The van der Waals surface area contributed by atoms with Crippen molar-refractivity contribution in [3.05, 3.63) is 56.3 Å². The van der Waals surface area contributed by atoms with E-state index in [-0.39, 0.29) is 22.7 Å². The van der Waals surface area contributed by atoms with Crippen LogP contribution in [0.2, 0.25) is 0 Å². The van der Waals surface area contributed by atoms with Crippen LogP contribution in [0.1, 0.15) is 10.4 Å². The number of nitrogens with zero attached hydrogens (tertiary/aromatic N) is 1. The van der Waals surface area contributed by atoms with Crippen LogP contribution in [-0.4, -0.2) is 25.6 Å². The van der Waals surface area contributed by atoms with E-state index in [2.05, 4.69) is 4.72 Å². The summed E-state index contributed by atoms with van der Waals surface area (Å²) in [4.78, 5) is 11.5. The zero-order valence-corrected chi connectivity index (χ0v) is 14.8. The van der Waals surface area contributed by atoms with E-state index in [4.69, 9.17) is 0 Å². The molecule has 0 aliphatic carbocycles. The number of sulfonamides is 1. The molecule has 1 N–H and O–H groups in total. The van der Waals surface area contributed by atoms with E-state index < -0.39 is 14.9 Å². The summed E-state index contributed by atoms with van der Waals surface area (Å²) in [6, 6.07) is 8.07. The first-order valence-corrected chi connectivity index (χ1v) is 10.3. The van der Waals surface area contributed by atoms with Crippen LogP contribution in [0.3, 0.4) is 0 Å². The number of nitro groups is 1. The van der Waals surface area contributed by atoms with Gasteiger partial charge in [-0.2, -0.15) is 11.8 Å². The number of nitrogens with one attached hydrogen (secondary N) is 1. The summed E-state index contributed by atoms with van der Waals surface area (Å²) in [5.41, 5.74) is -0.0452. The Morgan fingerprint density at radius 3 is 2.74 bits per heavy atom. The van der Waals surface area contributed by atoms with Gasteiger partial charge in [-0.1, -0.05) is 12.1 Å². The van der Waals surface area contributed by atoms with E-state index >= 15 is 0 Å². The summed E-state index contributed by atoms with van der Waals surface area (Å²) in [6.45, 7) is 1.72. The summed E-state index contributed by atoms with van der Waals surface area (Å²) in [5, 5.41) is 12.9. The van der Waals surface area contributed by atoms with Crippen LogP contribution in [0.25, 0.3) is 0 Å². The lowest BCUT2D eigenvalue weighted by Gasteiger charge is -2.09. The van der Waals surface area contributed by atoms with Crippen LogP contribution < -0.4 is 4.72 Å². The fourth-order valence-electron chi connectivity index (χ4n) is 1.99. The van der Waals surface area contributed by atoms with Crippen molar-refractivity contribution < 1.29 is 13.3 Å². The fourth-order valence-corrected chi connectivity index (χ4v) is 5.11. The SMILES string of the molecule is Cc1c([N+](=O)[O-])cccc1S(=O)(=O)NCCSCc1cccs1. The molecule has 1 aromatic carbocycles. The van der Waals surface area contributed by atoms with Gasteiger partial charge in [-0.3, -0.25) is 10.1 Å². The molecular formula is C14H16N2O4S3. The average molecular weight is 372 g/mol. The fraction of sp³-hybridized carbons (Fsp3) is 0.286. The largest absolute Gasteiger partial charge is 0.273 e. The van der Waals surface area contributed by atoms with Gasteiger partial charge in [0.25, 0.3) is 5.69 Å². The van der Waals surface area contributed by atoms with Crippen molar-refractivity contribution in [3.63, 3.8) is 0 Å². The topological polar surface area (TPSA) is 89.3 Å². The molecule has 0 bridgehead atoms. The molecule has 2 aromatic rings. The predicted octanol–water partition coefficient (Wildman–Crippen LogP) is 3.18. The number of nitro benzene ring substituents is 1. The second-order valence-corrected chi connectivity index (χ2v) is 8.56. The van der Waals surface area contributed by atoms with Gasteiger partial charge in [-0.05, 0) is 24.4 Å². The molecule has 0 saturated carbocycles. The van der Waals surface area contributed by atoms with Crippen molar-refractivity contribution in [3.8, 4) is 0 Å². The summed E-state index contributed by atoms with van der Waals surface area (Å²) < 4.78 is 27.1. The second kappa shape index (κ2) is 7.91. The smallest absolute Gasteiger partial charge is 0.258 e. The zero-order valence-electron chi connectivity index (χ0n) is 12.4. The van der Waals surface area contributed by atoms with Gasteiger partial charge in [0.1, 0.15) is 0 Å². The minimum absolute atomic E-state index is 0.0463. The molecule has 124 valence electrons. The molecule has 1 heterocycles. The molecule has 0 aliphatic rings. The molecule has 0 amide bonds. The van der Waals surface area contributed by atoms with E-state index in [0.717, 1.165) is 5.75 Å². The van der Waals surface area contributed by atoms with Gasteiger partial charge in [0.15, 0.2) is 0 Å². The van der Waals surface area contributed by atoms with Crippen LogP contribution in [0.15, 0.2) is 40.6 Å². The Kier molecular flexibility index (Phi) is 6.17. The van der Waals surface area contributed by atoms with E-state index in [1.54, 1.807) is 23.1 Å². The van der Waals surface area contributed by atoms with Crippen molar-refractivity contribution >= 4 is 38.8 Å². The molecule has 0 unspecified atom stereocenters. The predicted molar refractivity (Wildman–Crippen MR) is 93.5 cm³/mol. The summed E-state index contributed by atoms with van der Waals surface area (Å²) in [5.74, 6) is 1.47. The Balaban J connectivity index is 1.94. The van der Waals surface area contributed by atoms with E-state index in [1.807, 2.05) is 17.5 Å². The molecule has 23 heavy (non-hydrogen) atoms. The molecular weight excluding hydrogens is 356 g/mol. The van der Waals surface area contributed by atoms with Crippen LogP contribution in [0, 0.1) is 17.0 Å². The van der Waals surface area contributed by atoms with Crippen molar-refractivity contribution in [2.45, 2.75) is 17.6 Å². The molecule has 0 spiro atoms. The van der Waals surface area contributed by atoms with Gasteiger partial charge in [0.2, 0.25) is 10.0 Å². The third-order valence-corrected chi connectivity index (χ3v) is 6.78. The molecule has 0 atom stereocenters. The molecule has 1 aromatic heterocycles. The number of benzene rings is 1. The summed E-state index contributed by atoms with van der Waals surface area (Å²) in [6.07, 6.45) is 0. The molecule has 2 rings (SSSR count). The highest BCUT2D eigenvalue weighted by atomic mass is 32.2. The molecule has 6 nitrogen and oxygen atoms in total. The van der Waals surface area contributed by atoms with Gasteiger partial charge in [0, 0.05) is 34.6 Å². The van der Waals surface area contributed by atoms with Crippen molar-refractivity contribution in [1.82, 2.24) is 4.72 Å².